The van der Waals surface area contributed by atoms with Gasteiger partial charge >= 0.3 is 0 Å². The van der Waals surface area contributed by atoms with Gasteiger partial charge in [0.15, 0.2) is 0 Å². The summed E-state index contributed by atoms with van der Waals surface area (Å²) in [5.41, 5.74) is 2.36. The Labute approximate surface area is 179 Å². The van der Waals surface area contributed by atoms with Gasteiger partial charge in [0.25, 0.3) is 0 Å². The quantitative estimate of drug-likeness (QED) is 0.554. The highest BCUT2D eigenvalue weighted by atomic mass is 32.2. The van der Waals surface area contributed by atoms with Gasteiger partial charge in [0, 0.05) is 18.0 Å². The lowest BCUT2D eigenvalue weighted by molar-refractivity contribution is -0.138. The number of hydrogen-bond donors (Lipinski definition) is 1. The van der Waals surface area contributed by atoms with Crippen molar-refractivity contribution in [3.63, 3.8) is 0 Å². The number of hydrogen-bond acceptors (Lipinski definition) is 3. The van der Waals surface area contributed by atoms with Crippen molar-refractivity contribution >= 4 is 23.6 Å². The first-order valence-corrected chi connectivity index (χ1v) is 11.3. The highest BCUT2D eigenvalue weighted by Gasteiger charge is 2.27. The minimum Gasteiger partial charge on any atom is -0.354 e. The summed E-state index contributed by atoms with van der Waals surface area (Å²) >= 11 is 1.52. The molecule has 0 aliphatic rings. The molecule has 0 fully saturated rings. The molecule has 0 aliphatic heterocycles. The molecule has 156 valence electrons. The highest BCUT2D eigenvalue weighted by Crippen LogP contribution is 2.20. The van der Waals surface area contributed by atoms with Gasteiger partial charge in [-0.2, -0.15) is 0 Å². The number of carbonyl (C=O) groups is 2. The molecule has 2 rings (SSSR count). The van der Waals surface area contributed by atoms with Crippen molar-refractivity contribution in [2.24, 2.45) is 0 Å². The second kappa shape index (κ2) is 12.3. The van der Waals surface area contributed by atoms with Crippen molar-refractivity contribution < 1.29 is 9.59 Å². The maximum atomic E-state index is 13.1. The monoisotopic (exact) mass is 412 g/mol. The molecule has 0 bridgehead atoms. The van der Waals surface area contributed by atoms with E-state index in [4.69, 9.17) is 0 Å². The molecule has 2 aromatic rings. The molecule has 4 nitrogen and oxygen atoms in total. The predicted molar refractivity (Wildman–Crippen MR) is 121 cm³/mol. The van der Waals surface area contributed by atoms with E-state index in [1.807, 2.05) is 63.2 Å². The van der Waals surface area contributed by atoms with Gasteiger partial charge in [-0.15, -0.1) is 11.8 Å². The SMILES string of the molecule is CCCNC(=O)[C@@H](CC)N(CCc1ccccc1)C(=O)CSc1ccc(C)cc1. The first-order chi connectivity index (χ1) is 14.0. The average Bonchev–Trinajstić information content (AvgIpc) is 2.75. The molecule has 2 amide bonds. The number of nitrogens with zero attached hydrogens (tertiary/aromatic N) is 1. The molecule has 0 radical (unpaired) electrons. The Hall–Kier alpha value is -2.27. The maximum Gasteiger partial charge on any atom is 0.242 e. The highest BCUT2D eigenvalue weighted by molar-refractivity contribution is 8.00. The summed E-state index contributed by atoms with van der Waals surface area (Å²) in [7, 11) is 0. The van der Waals surface area contributed by atoms with Crippen LogP contribution >= 0.6 is 11.8 Å². The molecule has 0 saturated carbocycles. The first kappa shape index (κ1) is 23.0. The zero-order valence-corrected chi connectivity index (χ0v) is 18.5. The molecule has 1 N–H and O–H groups in total. The molecular formula is C24H32N2O2S. The zero-order chi connectivity index (χ0) is 21.1. The zero-order valence-electron chi connectivity index (χ0n) is 17.7. The third-order valence-electron chi connectivity index (χ3n) is 4.80. The van der Waals surface area contributed by atoms with E-state index in [9.17, 15) is 9.59 Å². The summed E-state index contributed by atoms with van der Waals surface area (Å²) in [6, 6.07) is 17.8. The second-order valence-electron chi connectivity index (χ2n) is 7.14. The number of thioether (sulfide) groups is 1. The molecule has 0 unspecified atom stereocenters. The van der Waals surface area contributed by atoms with Gasteiger partial charge < -0.3 is 10.2 Å². The molecule has 0 spiro atoms. The van der Waals surface area contributed by atoms with Crippen LogP contribution in [0.4, 0.5) is 0 Å². The van der Waals surface area contributed by atoms with Gasteiger partial charge in [-0.1, -0.05) is 61.9 Å². The third-order valence-corrected chi connectivity index (χ3v) is 5.80. The third kappa shape index (κ3) is 7.58. The number of carbonyl (C=O) groups excluding carboxylic acids is 2. The van der Waals surface area contributed by atoms with Gasteiger partial charge in [-0.05, 0) is 43.9 Å². The minimum atomic E-state index is -0.434. The smallest absolute Gasteiger partial charge is 0.242 e. The van der Waals surface area contributed by atoms with E-state index in [2.05, 4.69) is 17.4 Å². The normalized spacial score (nSPS) is 11.7. The van der Waals surface area contributed by atoms with Gasteiger partial charge in [0.05, 0.1) is 5.75 Å². The number of amides is 2. The van der Waals surface area contributed by atoms with Gasteiger partial charge in [-0.3, -0.25) is 9.59 Å². The molecule has 2 aromatic carbocycles. The fourth-order valence-corrected chi connectivity index (χ4v) is 3.91. The van der Waals surface area contributed by atoms with Crippen LogP contribution < -0.4 is 5.32 Å². The molecule has 29 heavy (non-hydrogen) atoms. The molecule has 0 saturated heterocycles. The largest absolute Gasteiger partial charge is 0.354 e. The van der Waals surface area contributed by atoms with E-state index in [1.165, 1.54) is 22.9 Å². The van der Waals surface area contributed by atoms with Crippen LogP contribution in [-0.4, -0.2) is 41.6 Å². The van der Waals surface area contributed by atoms with Crippen LogP contribution in [0.1, 0.15) is 37.8 Å². The van der Waals surface area contributed by atoms with E-state index in [0.29, 0.717) is 25.3 Å². The van der Waals surface area contributed by atoms with Gasteiger partial charge in [0.2, 0.25) is 11.8 Å². The lowest BCUT2D eigenvalue weighted by atomic mass is 10.1. The summed E-state index contributed by atoms with van der Waals surface area (Å²) in [5, 5.41) is 2.96. The molecule has 0 heterocycles. The average molecular weight is 413 g/mol. The number of nitrogens with one attached hydrogen (secondary N) is 1. The number of benzene rings is 2. The van der Waals surface area contributed by atoms with Crippen molar-refractivity contribution in [1.82, 2.24) is 10.2 Å². The van der Waals surface area contributed by atoms with Crippen LogP contribution in [0.3, 0.4) is 0 Å². The van der Waals surface area contributed by atoms with Crippen molar-refractivity contribution in [1.29, 1.82) is 0 Å². The van der Waals surface area contributed by atoms with Crippen LogP contribution in [0.5, 0.6) is 0 Å². The van der Waals surface area contributed by atoms with Crippen molar-refractivity contribution in [3.8, 4) is 0 Å². The lowest BCUT2D eigenvalue weighted by Crippen LogP contribution is -2.50. The summed E-state index contributed by atoms with van der Waals surface area (Å²) < 4.78 is 0. The molecule has 0 aliphatic carbocycles. The standard InChI is InChI=1S/C24H32N2O2S/c1-4-16-25-24(28)22(5-2)26(17-15-20-9-7-6-8-10-20)23(27)18-29-21-13-11-19(3)12-14-21/h6-14,22H,4-5,15-18H2,1-3H3,(H,25,28)/t22-/m1/s1. The Morgan fingerprint density at radius 3 is 2.34 bits per heavy atom. The van der Waals surface area contributed by atoms with Crippen LogP contribution in [0, 0.1) is 6.92 Å². The van der Waals surface area contributed by atoms with Crippen LogP contribution in [0.15, 0.2) is 59.5 Å². The molecular weight excluding hydrogens is 380 g/mol. The minimum absolute atomic E-state index is 0.00463. The van der Waals surface area contributed by atoms with Crippen LogP contribution in [0.25, 0.3) is 0 Å². The van der Waals surface area contributed by atoms with Crippen LogP contribution in [-0.2, 0) is 16.0 Å². The topological polar surface area (TPSA) is 49.4 Å². The summed E-state index contributed by atoms with van der Waals surface area (Å²) in [6.45, 7) is 7.21. The molecule has 5 heteroatoms. The molecule has 0 aromatic heterocycles. The Morgan fingerprint density at radius 1 is 1.03 bits per heavy atom. The van der Waals surface area contributed by atoms with Crippen molar-refractivity contribution in [3.05, 3.63) is 65.7 Å². The number of aryl methyl sites for hydroxylation is 1. The van der Waals surface area contributed by atoms with E-state index >= 15 is 0 Å². The Bertz CT molecular complexity index is 762. The van der Waals surface area contributed by atoms with Crippen LogP contribution in [0.2, 0.25) is 0 Å². The summed E-state index contributed by atoms with van der Waals surface area (Å²) in [4.78, 5) is 28.6. The second-order valence-corrected chi connectivity index (χ2v) is 8.19. The summed E-state index contributed by atoms with van der Waals surface area (Å²) in [5.74, 6) is 0.274. The van der Waals surface area contributed by atoms with E-state index in [-0.39, 0.29) is 11.8 Å². The van der Waals surface area contributed by atoms with E-state index in [1.54, 1.807) is 4.90 Å². The fourth-order valence-electron chi connectivity index (χ4n) is 3.12. The predicted octanol–water partition coefficient (Wildman–Crippen LogP) is 4.46. The Kier molecular flexibility index (Phi) is 9.78. The van der Waals surface area contributed by atoms with Crippen molar-refractivity contribution in [2.45, 2.75) is 51.0 Å². The molecule has 1 atom stereocenters. The fraction of sp³-hybridized carbons (Fsp3) is 0.417. The number of rotatable bonds is 11. The lowest BCUT2D eigenvalue weighted by Gasteiger charge is -2.30. The maximum absolute atomic E-state index is 13.1. The first-order valence-electron chi connectivity index (χ1n) is 10.4. The van der Waals surface area contributed by atoms with E-state index < -0.39 is 6.04 Å². The summed E-state index contributed by atoms with van der Waals surface area (Å²) in [6.07, 6.45) is 2.22. The Balaban J connectivity index is 2.09. The Morgan fingerprint density at radius 2 is 1.72 bits per heavy atom. The van der Waals surface area contributed by atoms with Gasteiger partial charge in [-0.25, -0.2) is 0 Å². The van der Waals surface area contributed by atoms with E-state index in [0.717, 1.165) is 17.7 Å². The van der Waals surface area contributed by atoms with Crippen molar-refractivity contribution in [2.75, 3.05) is 18.8 Å². The van der Waals surface area contributed by atoms with Gasteiger partial charge in [0.1, 0.15) is 6.04 Å².